The number of hydrogen-bond donors (Lipinski definition) is 2. The quantitative estimate of drug-likeness (QED) is 0.560. The Morgan fingerprint density at radius 3 is 2.57 bits per heavy atom. The van der Waals surface area contributed by atoms with Crippen LogP contribution in [0.1, 0.15) is 19.4 Å². The summed E-state index contributed by atoms with van der Waals surface area (Å²) in [6, 6.07) is 9.52. The monoisotopic (exact) mass is 294 g/mol. The van der Waals surface area contributed by atoms with Crippen molar-refractivity contribution >= 4 is 5.97 Å². The predicted octanol–water partition coefficient (Wildman–Crippen LogP) is 1.43. The van der Waals surface area contributed by atoms with Crippen molar-refractivity contribution in [2.45, 2.75) is 32.7 Å². The van der Waals surface area contributed by atoms with Gasteiger partial charge in [0, 0.05) is 5.57 Å². The number of esters is 1. The topological polar surface area (TPSA) is 76.0 Å². The van der Waals surface area contributed by atoms with Gasteiger partial charge in [0.25, 0.3) is 0 Å². The molecule has 0 aliphatic rings. The first-order chi connectivity index (χ1) is 10.0. The maximum atomic E-state index is 11.4. The molecule has 5 heteroatoms. The molecule has 0 bridgehead atoms. The Labute approximate surface area is 124 Å². The SMILES string of the molecule is CCOC(=O)/C(C)=C/[C@H](O)[C@@H](O)COCc1ccccc1. The molecule has 2 N–H and O–H groups in total. The van der Waals surface area contributed by atoms with Gasteiger partial charge in [-0.3, -0.25) is 0 Å². The Balaban J connectivity index is 2.38. The third kappa shape index (κ3) is 6.53. The standard InChI is InChI=1S/C16H22O5/c1-3-21-16(19)12(2)9-14(17)15(18)11-20-10-13-7-5-4-6-8-13/h4-9,14-15,17-18H,3,10-11H2,1-2H3/b12-9+/t14-,15-/m0/s1. The van der Waals surface area contributed by atoms with Crippen LogP contribution in [0, 0.1) is 0 Å². The fourth-order valence-electron chi connectivity index (χ4n) is 1.65. The molecule has 5 nitrogen and oxygen atoms in total. The molecule has 2 atom stereocenters. The molecule has 21 heavy (non-hydrogen) atoms. The van der Waals surface area contributed by atoms with Gasteiger partial charge in [-0.15, -0.1) is 0 Å². The van der Waals surface area contributed by atoms with Gasteiger partial charge in [0.2, 0.25) is 0 Å². The third-order valence-electron chi connectivity index (χ3n) is 2.81. The largest absolute Gasteiger partial charge is 0.463 e. The van der Waals surface area contributed by atoms with E-state index in [1.165, 1.54) is 13.0 Å². The van der Waals surface area contributed by atoms with Gasteiger partial charge in [0.15, 0.2) is 0 Å². The van der Waals surface area contributed by atoms with Crippen LogP contribution in [0.3, 0.4) is 0 Å². The molecule has 1 rings (SSSR count). The minimum Gasteiger partial charge on any atom is -0.463 e. The molecular weight excluding hydrogens is 272 g/mol. The van der Waals surface area contributed by atoms with Crippen LogP contribution in [0.15, 0.2) is 42.0 Å². The molecule has 0 saturated heterocycles. The molecule has 0 spiro atoms. The van der Waals surface area contributed by atoms with Gasteiger partial charge in [-0.25, -0.2) is 4.79 Å². The molecule has 0 unspecified atom stereocenters. The van der Waals surface area contributed by atoms with Crippen molar-refractivity contribution in [3.05, 3.63) is 47.5 Å². The molecule has 1 aromatic carbocycles. The van der Waals surface area contributed by atoms with E-state index in [4.69, 9.17) is 9.47 Å². The first-order valence-electron chi connectivity index (χ1n) is 6.88. The molecular formula is C16H22O5. The van der Waals surface area contributed by atoms with E-state index in [0.717, 1.165) is 5.56 Å². The molecule has 116 valence electrons. The summed E-state index contributed by atoms with van der Waals surface area (Å²) in [5, 5.41) is 19.6. The predicted molar refractivity (Wildman–Crippen MR) is 78.5 cm³/mol. The highest BCUT2D eigenvalue weighted by Gasteiger charge is 2.16. The molecule has 0 fully saturated rings. The summed E-state index contributed by atoms with van der Waals surface area (Å²) in [6.45, 7) is 3.82. The summed E-state index contributed by atoms with van der Waals surface area (Å²) in [6.07, 6.45) is -1.00. The van der Waals surface area contributed by atoms with E-state index < -0.39 is 18.2 Å². The second-order valence-electron chi connectivity index (χ2n) is 4.63. The molecule has 0 radical (unpaired) electrons. The van der Waals surface area contributed by atoms with Crippen LogP contribution in [0.5, 0.6) is 0 Å². The number of ether oxygens (including phenoxy) is 2. The number of carbonyl (C=O) groups excluding carboxylic acids is 1. The van der Waals surface area contributed by atoms with Gasteiger partial charge in [-0.2, -0.15) is 0 Å². The summed E-state index contributed by atoms with van der Waals surface area (Å²) in [5.41, 5.74) is 1.24. The van der Waals surface area contributed by atoms with Gasteiger partial charge in [-0.05, 0) is 25.5 Å². The maximum Gasteiger partial charge on any atom is 0.333 e. The summed E-state index contributed by atoms with van der Waals surface area (Å²) >= 11 is 0. The van der Waals surface area contributed by atoms with E-state index in [9.17, 15) is 15.0 Å². The summed E-state index contributed by atoms with van der Waals surface area (Å²) in [7, 11) is 0. The van der Waals surface area contributed by atoms with Crippen LogP contribution < -0.4 is 0 Å². The van der Waals surface area contributed by atoms with Crippen molar-refractivity contribution in [3.8, 4) is 0 Å². The zero-order valence-corrected chi connectivity index (χ0v) is 12.4. The number of rotatable bonds is 8. The van der Waals surface area contributed by atoms with Crippen molar-refractivity contribution in [2.24, 2.45) is 0 Å². The fourth-order valence-corrected chi connectivity index (χ4v) is 1.65. The van der Waals surface area contributed by atoms with Crippen molar-refractivity contribution in [1.82, 2.24) is 0 Å². The minimum absolute atomic E-state index is 0.0251. The average molecular weight is 294 g/mol. The van der Waals surface area contributed by atoms with E-state index in [-0.39, 0.29) is 18.8 Å². The van der Waals surface area contributed by atoms with Crippen LogP contribution in [-0.2, 0) is 20.9 Å². The maximum absolute atomic E-state index is 11.4. The number of hydrogen-bond acceptors (Lipinski definition) is 5. The highest BCUT2D eigenvalue weighted by atomic mass is 16.5. The Bertz CT molecular complexity index is 455. The highest BCUT2D eigenvalue weighted by molar-refractivity contribution is 5.87. The number of aliphatic hydroxyl groups is 2. The lowest BCUT2D eigenvalue weighted by Gasteiger charge is -2.15. The van der Waals surface area contributed by atoms with Crippen LogP contribution >= 0.6 is 0 Å². The van der Waals surface area contributed by atoms with Gasteiger partial charge in [0.05, 0.1) is 19.8 Å². The second-order valence-corrected chi connectivity index (χ2v) is 4.63. The summed E-state index contributed by atoms with van der Waals surface area (Å²) < 4.78 is 10.1. The first-order valence-corrected chi connectivity index (χ1v) is 6.88. The van der Waals surface area contributed by atoms with Crippen LogP contribution in [0.25, 0.3) is 0 Å². The van der Waals surface area contributed by atoms with E-state index >= 15 is 0 Å². The average Bonchev–Trinajstić information content (AvgIpc) is 2.48. The lowest BCUT2D eigenvalue weighted by Crippen LogP contribution is -2.29. The van der Waals surface area contributed by atoms with Gasteiger partial charge >= 0.3 is 5.97 Å². The van der Waals surface area contributed by atoms with Crippen LogP contribution in [0.2, 0.25) is 0 Å². The molecule has 0 aromatic heterocycles. The molecule has 0 heterocycles. The summed E-state index contributed by atoms with van der Waals surface area (Å²) in [4.78, 5) is 11.4. The summed E-state index contributed by atoms with van der Waals surface area (Å²) in [5.74, 6) is -0.506. The normalized spacial score (nSPS) is 14.6. The van der Waals surface area contributed by atoms with Gasteiger partial charge in [0.1, 0.15) is 12.2 Å². The van der Waals surface area contributed by atoms with Gasteiger partial charge in [-0.1, -0.05) is 30.3 Å². The smallest absolute Gasteiger partial charge is 0.333 e. The minimum atomic E-state index is -1.18. The van der Waals surface area contributed by atoms with E-state index in [1.54, 1.807) is 6.92 Å². The highest BCUT2D eigenvalue weighted by Crippen LogP contribution is 2.06. The Morgan fingerprint density at radius 1 is 1.29 bits per heavy atom. The lowest BCUT2D eigenvalue weighted by atomic mass is 10.1. The Morgan fingerprint density at radius 2 is 1.95 bits per heavy atom. The van der Waals surface area contributed by atoms with E-state index in [0.29, 0.717) is 6.61 Å². The van der Waals surface area contributed by atoms with Crippen molar-refractivity contribution in [2.75, 3.05) is 13.2 Å². The zero-order chi connectivity index (χ0) is 15.7. The Kier molecular flexibility index (Phi) is 7.68. The fraction of sp³-hybridized carbons (Fsp3) is 0.438. The van der Waals surface area contributed by atoms with Crippen molar-refractivity contribution in [1.29, 1.82) is 0 Å². The molecule has 0 aliphatic carbocycles. The first kappa shape index (κ1) is 17.4. The molecule has 0 saturated carbocycles. The number of aliphatic hydroxyl groups excluding tert-OH is 2. The van der Waals surface area contributed by atoms with E-state index in [2.05, 4.69) is 0 Å². The zero-order valence-electron chi connectivity index (χ0n) is 12.4. The van der Waals surface area contributed by atoms with E-state index in [1.807, 2.05) is 30.3 Å². The second kappa shape index (κ2) is 9.28. The molecule has 0 amide bonds. The Hall–Kier alpha value is -1.69. The third-order valence-corrected chi connectivity index (χ3v) is 2.81. The molecule has 1 aromatic rings. The van der Waals surface area contributed by atoms with Gasteiger partial charge < -0.3 is 19.7 Å². The van der Waals surface area contributed by atoms with Crippen molar-refractivity contribution < 1.29 is 24.5 Å². The van der Waals surface area contributed by atoms with Crippen LogP contribution in [-0.4, -0.2) is 41.6 Å². The molecule has 0 aliphatic heterocycles. The van der Waals surface area contributed by atoms with Crippen LogP contribution in [0.4, 0.5) is 0 Å². The lowest BCUT2D eigenvalue weighted by molar-refractivity contribution is -0.138. The number of carbonyl (C=O) groups is 1. The number of benzene rings is 1. The van der Waals surface area contributed by atoms with Crippen molar-refractivity contribution in [3.63, 3.8) is 0 Å².